The monoisotopic (exact) mass is 339 g/mol. The predicted octanol–water partition coefficient (Wildman–Crippen LogP) is 4.19. The molecule has 0 spiro atoms. The summed E-state index contributed by atoms with van der Waals surface area (Å²) in [6.07, 6.45) is 1.75. The molecule has 1 aromatic heterocycles. The van der Waals surface area contributed by atoms with Crippen molar-refractivity contribution in [1.29, 1.82) is 0 Å². The molecule has 1 heterocycles. The molecule has 2 aromatic rings. The topological polar surface area (TPSA) is 31.4 Å². The first-order valence-corrected chi connectivity index (χ1v) is 6.89. The molecular weight excluding hydrogens is 325 g/mol. The van der Waals surface area contributed by atoms with Crippen LogP contribution in [0.1, 0.15) is 16.8 Å². The van der Waals surface area contributed by atoms with E-state index in [-0.39, 0.29) is 5.82 Å². The van der Waals surface area contributed by atoms with Crippen LogP contribution in [0.2, 0.25) is 0 Å². The summed E-state index contributed by atoms with van der Waals surface area (Å²) in [5, 5.41) is 0. The van der Waals surface area contributed by atoms with E-state index >= 15 is 0 Å². The molecule has 0 radical (unpaired) electrons. The maximum atomic E-state index is 13.0. The van der Waals surface area contributed by atoms with Crippen LogP contribution >= 0.6 is 15.9 Å². The summed E-state index contributed by atoms with van der Waals surface area (Å²) >= 11 is 3.27. The van der Waals surface area contributed by atoms with Gasteiger partial charge in [-0.2, -0.15) is 0 Å². The minimum absolute atomic E-state index is 0.298. The van der Waals surface area contributed by atoms with Gasteiger partial charge in [0.05, 0.1) is 17.3 Å². The van der Waals surface area contributed by atoms with Crippen LogP contribution in [-0.2, 0) is 6.61 Å². The number of pyridine rings is 1. The lowest BCUT2D eigenvalue weighted by Gasteiger charge is -2.13. The molecule has 0 bridgehead atoms. The standard InChI is InChI=1S/C15H15BrFNO2/c1-9-7-18-13(10(2)15(9)19-3)8-20-14-5-4-11(17)6-12(14)16/h4-7H,8H2,1-3H3. The number of hydrogen-bond donors (Lipinski definition) is 0. The highest BCUT2D eigenvalue weighted by molar-refractivity contribution is 9.10. The van der Waals surface area contributed by atoms with Gasteiger partial charge in [0.25, 0.3) is 0 Å². The zero-order valence-corrected chi connectivity index (χ0v) is 13.1. The SMILES string of the molecule is COc1c(C)cnc(COc2ccc(F)cc2Br)c1C. The van der Waals surface area contributed by atoms with Crippen LogP contribution in [0.4, 0.5) is 4.39 Å². The Morgan fingerprint density at radius 2 is 2.05 bits per heavy atom. The molecule has 0 N–H and O–H groups in total. The van der Waals surface area contributed by atoms with E-state index in [0.717, 1.165) is 22.6 Å². The van der Waals surface area contributed by atoms with Crippen LogP contribution in [-0.4, -0.2) is 12.1 Å². The quantitative estimate of drug-likeness (QED) is 0.836. The van der Waals surface area contributed by atoms with Gasteiger partial charge in [-0.25, -0.2) is 4.39 Å². The molecule has 5 heteroatoms. The number of rotatable bonds is 4. The van der Waals surface area contributed by atoms with Crippen LogP contribution in [0.3, 0.4) is 0 Å². The number of benzene rings is 1. The van der Waals surface area contributed by atoms with Crippen molar-refractivity contribution in [2.75, 3.05) is 7.11 Å². The van der Waals surface area contributed by atoms with Crippen molar-refractivity contribution >= 4 is 15.9 Å². The maximum Gasteiger partial charge on any atom is 0.134 e. The third-order valence-electron chi connectivity index (χ3n) is 3.01. The van der Waals surface area contributed by atoms with Crippen LogP contribution in [0, 0.1) is 19.7 Å². The van der Waals surface area contributed by atoms with Gasteiger partial charge in [-0.05, 0) is 48.0 Å². The van der Waals surface area contributed by atoms with Gasteiger partial charge in [0.2, 0.25) is 0 Å². The molecule has 0 aliphatic rings. The van der Waals surface area contributed by atoms with E-state index in [0.29, 0.717) is 16.8 Å². The van der Waals surface area contributed by atoms with Crippen molar-refractivity contribution in [3.8, 4) is 11.5 Å². The first-order valence-electron chi connectivity index (χ1n) is 6.10. The molecule has 1 aromatic carbocycles. The zero-order valence-electron chi connectivity index (χ0n) is 11.5. The fraction of sp³-hybridized carbons (Fsp3) is 0.267. The normalized spacial score (nSPS) is 10.4. The lowest BCUT2D eigenvalue weighted by Crippen LogP contribution is -2.04. The lowest BCUT2D eigenvalue weighted by atomic mass is 10.1. The minimum atomic E-state index is -0.310. The van der Waals surface area contributed by atoms with Crippen LogP contribution < -0.4 is 9.47 Å². The average Bonchev–Trinajstić information content (AvgIpc) is 2.40. The van der Waals surface area contributed by atoms with Gasteiger partial charge in [0.1, 0.15) is 23.9 Å². The molecule has 0 unspecified atom stereocenters. The fourth-order valence-corrected chi connectivity index (χ4v) is 2.42. The zero-order chi connectivity index (χ0) is 14.7. The number of halogens is 2. The molecule has 0 aliphatic heterocycles. The van der Waals surface area contributed by atoms with E-state index in [1.807, 2.05) is 13.8 Å². The van der Waals surface area contributed by atoms with Gasteiger partial charge < -0.3 is 9.47 Å². The predicted molar refractivity (Wildman–Crippen MR) is 78.7 cm³/mol. The second kappa shape index (κ2) is 6.22. The van der Waals surface area contributed by atoms with E-state index in [1.165, 1.54) is 12.1 Å². The Morgan fingerprint density at radius 1 is 1.30 bits per heavy atom. The van der Waals surface area contributed by atoms with Crippen LogP contribution in [0.15, 0.2) is 28.9 Å². The first kappa shape index (κ1) is 14.8. The van der Waals surface area contributed by atoms with Gasteiger partial charge >= 0.3 is 0 Å². The van der Waals surface area contributed by atoms with Crippen molar-refractivity contribution in [1.82, 2.24) is 4.98 Å². The Balaban J connectivity index is 2.19. The number of aromatic nitrogens is 1. The van der Waals surface area contributed by atoms with Crippen molar-refractivity contribution in [3.05, 3.63) is 51.5 Å². The van der Waals surface area contributed by atoms with Gasteiger partial charge in [-0.1, -0.05) is 0 Å². The Hall–Kier alpha value is -1.62. The molecule has 2 rings (SSSR count). The summed E-state index contributed by atoms with van der Waals surface area (Å²) in [4.78, 5) is 4.35. The minimum Gasteiger partial charge on any atom is -0.496 e. The number of ether oxygens (including phenoxy) is 2. The number of aryl methyl sites for hydroxylation is 1. The summed E-state index contributed by atoms with van der Waals surface area (Å²) in [7, 11) is 1.64. The molecule has 106 valence electrons. The summed E-state index contributed by atoms with van der Waals surface area (Å²) in [5.74, 6) is 1.08. The lowest BCUT2D eigenvalue weighted by molar-refractivity contribution is 0.296. The third-order valence-corrected chi connectivity index (χ3v) is 3.63. The third kappa shape index (κ3) is 3.10. The largest absolute Gasteiger partial charge is 0.496 e. The molecule has 0 aliphatic carbocycles. The van der Waals surface area contributed by atoms with Gasteiger partial charge in [0, 0.05) is 17.3 Å². The second-order valence-electron chi connectivity index (χ2n) is 4.41. The molecule has 0 amide bonds. The van der Waals surface area contributed by atoms with Gasteiger partial charge in [-0.3, -0.25) is 4.98 Å². The smallest absolute Gasteiger partial charge is 0.134 e. The number of nitrogens with zero attached hydrogens (tertiary/aromatic N) is 1. The van der Waals surface area contributed by atoms with Crippen molar-refractivity contribution in [2.45, 2.75) is 20.5 Å². The van der Waals surface area contributed by atoms with Crippen LogP contribution in [0.5, 0.6) is 11.5 Å². The maximum absolute atomic E-state index is 13.0. The van der Waals surface area contributed by atoms with Gasteiger partial charge in [-0.15, -0.1) is 0 Å². The average molecular weight is 340 g/mol. The summed E-state index contributed by atoms with van der Waals surface area (Å²) < 4.78 is 24.6. The molecule has 0 saturated carbocycles. The molecule has 20 heavy (non-hydrogen) atoms. The molecule has 0 saturated heterocycles. The Labute approximate surface area is 125 Å². The van der Waals surface area contributed by atoms with E-state index in [2.05, 4.69) is 20.9 Å². The summed E-state index contributed by atoms with van der Waals surface area (Å²) in [6.45, 7) is 4.18. The van der Waals surface area contributed by atoms with Crippen molar-refractivity contribution < 1.29 is 13.9 Å². The Bertz CT molecular complexity index is 632. The van der Waals surface area contributed by atoms with E-state index in [9.17, 15) is 4.39 Å². The molecule has 0 atom stereocenters. The van der Waals surface area contributed by atoms with E-state index < -0.39 is 0 Å². The van der Waals surface area contributed by atoms with Crippen LogP contribution in [0.25, 0.3) is 0 Å². The Morgan fingerprint density at radius 3 is 2.70 bits per heavy atom. The summed E-state index contributed by atoms with van der Waals surface area (Å²) in [6, 6.07) is 4.31. The number of hydrogen-bond acceptors (Lipinski definition) is 3. The fourth-order valence-electron chi connectivity index (χ4n) is 1.95. The molecular formula is C15H15BrFNO2. The Kier molecular flexibility index (Phi) is 4.60. The number of methoxy groups -OCH3 is 1. The molecule has 0 fully saturated rings. The van der Waals surface area contributed by atoms with E-state index in [1.54, 1.807) is 19.4 Å². The van der Waals surface area contributed by atoms with Crippen molar-refractivity contribution in [3.63, 3.8) is 0 Å². The second-order valence-corrected chi connectivity index (χ2v) is 5.26. The molecule has 3 nitrogen and oxygen atoms in total. The highest BCUT2D eigenvalue weighted by Crippen LogP contribution is 2.28. The van der Waals surface area contributed by atoms with Crippen molar-refractivity contribution in [2.24, 2.45) is 0 Å². The highest BCUT2D eigenvalue weighted by Gasteiger charge is 2.11. The highest BCUT2D eigenvalue weighted by atomic mass is 79.9. The van der Waals surface area contributed by atoms with E-state index in [4.69, 9.17) is 9.47 Å². The van der Waals surface area contributed by atoms with Gasteiger partial charge in [0.15, 0.2) is 0 Å². The summed E-state index contributed by atoms with van der Waals surface area (Å²) in [5.41, 5.74) is 2.73. The first-order chi connectivity index (χ1) is 9.52.